The highest BCUT2D eigenvalue weighted by molar-refractivity contribution is 7.09. The Kier molecular flexibility index (Phi) is 5.09. The van der Waals surface area contributed by atoms with Crippen LogP contribution >= 0.6 is 11.3 Å². The van der Waals surface area contributed by atoms with Crippen molar-refractivity contribution in [2.24, 2.45) is 5.92 Å². The molecule has 0 spiro atoms. The molecule has 1 rings (SSSR count). The Morgan fingerprint density at radius 3 is 2.45 bits per heavy atom. The van der Waals surface area contributed by atoms with E-state index in [4.69, 9.17) is 5.11 Å². The van der Waals surface area contributed by atoms with Gasteiger partial charge in [-0.2, -0.15) is 13.2 Å². The van der Waals surface area contributed by atoms with Crippen LogP contribution in [0.5, 0.6) is 0 Å². The van der Waals surface area contributed by atoms with Gasteiger partial charge < -0.3 is 10.0 Å². The Bertz CT molecular complexity index is 499. The SMILES string of the molecule is CC(C)CN(CC(=O)O)C(=O)c1csc(C(F)(F)F)n1. The molecule has 112 valence electrons. The van der Waals surface area contributed by atoms with Crippen molar-refractivity contribution in [3.8, 4) is 0 Å². The van der Waals surface area contributed by atoms with Gasteiger partial charge in [0.05, 0.1) is 0 Å². The number of carboxylic acids is 1. The molecular weight excluding hydrogens is 297 g/mol. The number of aliphatic carboxylic acids is 1. The third-order valence-corrected chi connectivity index (χ3v) is 3.05. The maximum absolute atomic E-state index is 12.4. The molecule has 0 unspecified atom stereocenters. The number of thiazole rings is 1. The van der Waals surface area contributed by atoms with Gasteiger partial charge in [0.1, 0.15) is 12.2 Å². The zero-order valence-corrected chi connectivity index (χ0v) is 11.6. The normalized spacial score (nSPS) is 11.7. The summed E-state index contributed by atoms with van der Waals surface area (Å²) >= 11 is 0.309. The molecule has 0 saturated heterocycles. The lowest BCUT2D eigenvalue weighted by molar-refractivity contribution is -0.138. The minimum absolute atomic E-state index is 0.0148. The fourth-order valence-electron chi connectivity index (χ4n) is 1.49. The van der Waals surface area contributed by atoms with Gasteiger partial charge in [0, 0.05) is 11.9 Å². The second kappa shape index (κ2) is 6.21. The molecule has 0 aromatic carbocycles. The first-order valence-electron chi connectivity index (χ1n) is 5.65. The van der Waals surface area contributed by atoms with Crippen LogP contribution in [-0.4, -0.2) is 40.0 Å². The second-order valence-corrected chi connectivity index (χ2v) is 5.37. The summed E-state index contributed by atoms with van der Waals surface area (Å²) in [6.07, 6.45) is -4.61. The minimum Gasteiger partial charge on any atom is -0.480 e. The number of aromatic nitrogens is 1. The Hall–Kier alpha value is -1.64. The van der Waals surface area contributed by atoms with E-state index < -0.39 is 29.6 Å². The first-order chi connectivity index (χ1) is 9.11. The summed E-state index contributed by atoms with van der Waals surface area (Å²) in [6.45, 7) is 3.09. The molecule has 5 nitrogen and oxygen atoms in total. The van der Waals surface area contributed by atoms with Gasteiger partial charge in [0.25, 0.3) is 5.91 Å². The van der Waals surface area contributed by atoms with Crippen LogP contribution in [0.15, 0.2) is 5.38 Å². The van der Waals surface area contributed by atoms with Gasteiger partial charge in [-0.3, -0.25) is 9.59 Å². The molecule has 0 bridgehead atoms. The second-order valence-electron chi connectivity index (χ2n) is 4.51. The highest BCUT2D eigenvalue weighted by Gasteiger charge is 2.35. The van der Waals surface area contributed by atoms with E-state index in [1.165, 1.54) is 0 Å². The van der Waals surface area contributed by atoms with E-state index in [-0.39, 0.29) is 18.2 Å². The van der Waals surface area contributed by atoms with Crippen LogP contribution in [0.4, 0.5) is 13.2 Å². The monoisotopic (exact) mass is 310 g/mol. The molecule has 0 aliphatic rings. The van der Waals surface area contributed by atoms with Gasteiger partial charge in [-0.05, 0) is 5.92 Å². The molecule has 0 aliphatic heterocycles. The van der Waals surface area contributed by atoms with Crippen molar-refractivity contribution in [2.45, 2.75) is 20.0 Å². The standard InChI is InChI=1S/C11H13F3N2O3S/c1-6(2)3-16(4-8(17)18)9(19)7-5-20-10(15-7)11(12,13)14/h5-6H,3-4H2,1-2H3,(H,17,18). The Morgan fingerprint density at radius 1 is 1.45 bits per heavy atom. The van der Waals surface area contributed by atoms with Crippen molar-refractivity contribution in [2.75, 3.05) is 13.1 Å². The lowest BCUT2D eigenvalue weighted by atomic mass is 10.2. The molecule has 1 heterocycles. The maximum atomic E-state index is 12.4. The lowest BCUT2D eigenvalue weighted by Gasteiger charge is -2.21. The number of amides is 1. The minimum atomic E-state index is -4.61. The number of rotatable bonds is 5. The summed E-state index contributed by atoms with van der Waals surface area (Å²) < 4.78 is 37.2. The highest BCUT2D eigenvalue weighted by atomic mass is 32.1. The largest absolute Gasteiger partial charge is 0.480 e. The Balaban J connectivity index is 2.94. The molecule has 1 aromatic rings. The van der Waals surface area contributed by atoms with Crippen molar-refractivity contribution >= 4 is 23.2 Å². The zero-order chi connectivity index (χ0) is 15.5. The summed E-state index contributed by atoms with van der Waals surface area (Å²) in [5.74, 6) is -2.06. The van der Waals surface area contributed by atoms with E-state index in [0.29, 0.717) is 11.3 Å². The fraction of sp³-hybridized carbons (Fsp3) is 0.545. The lowest BCUT2D eigenvalue weighted by Crippen LogP contribution is -2.38. The van der Waals surface area contributed by atoms with E-state index in [9.17, 15) is 22.8 Å². The van der Waals surface area contributed by atoms with Crippen LogP contribution in [-0.2, 0) is 11.0 Å². The number of nitrogens with zero attached hydrogens (tertiary/aromatic N) is 2. The average molecular weight is 310 g/mol. The van der Waals surface area contributed by atoms with Crippen LogP contribution in [0.25, 0.3) is 0 Å². The maximum Gasteiger partial charge on any atom is 0.443 e. The van der Waals surface area contributed by atoms with Gasteiger partial charge in [0.15, 0.2) is 5.01 Å². The molecule has 0 fully saturated rings. The number of carbonyl (C=O) groups is 2. The first-order valence-corrected chi connectivity index (χ1v) is 6.53. The number of hydrogen-bond acceptors (Lipinski definition) is 4. The van der Waals surface area contributed by atoms with E-state index in [0.717, 1.165) is 10.3 Å². The quantitative estimate of drug-likeness (QED) is 0.906. The molecule has 0 aliphatic carbocycles. The molecule has 1 N–H and O–H groups in total. The van der Waals surface area contributed by atoms with Crippen molar-refractivity contribution in [3.63, 3.8) is 0 Å². The van der Waals surface area contributed by atoms with Crippen molar-refractivity contribution < 1.29 is 27.9 Å². The Labute approximate surface area is 117 Å². The van der Waals surface area contributed by atoms with Crippen molar-refractivity contribution in [3.05, 3.63) is 16.1 Å². The van der Waals surface area contributed by atoms with E-state index in [1.807, 2.05) is 0 Å². The Morgan fingerprint density at radius 2 is 2.05 bits per heavy atom. The molecule has 0 saturated carbocycles. The summed E-state index contributed by atoms with van der Waals surface area (Å²) in [7, 11) is 0. The van der Waals surface area contributed by atoms with E-state index >= 15 is 0 Å². The third-order valence-electron chi connectivity index (χ3n) is 2.16. The molecule has 0 radical (unpaired) electrons. The van der Waals surface area contributed by atoms with Gasteiger partial charge >= 0.3 is 12.1 Å². The smallest absolute Gasteiger partial charge is 0.443 e. The predicted octanol–water partition coefficient (Wildman–Crippen LogP) is 2.34. The zero-order valence-electron chi connectivity index (χ0n) is 10.8. The first kappa shape index (κ1) is 16.4. The van der Waals surface area contributed by atoms with Gasteiger partial charge in [0.2, 0.25) is 0 Å². The summed E-state index contributed by atoms with van der Waals surface area (Å²) in [6, 6.07) is 0. The molecule has 9 heteroatoms. The number of carbonyl (C=O) groups excluding carboxylic acids is 1. The molecule has 1 amide bonds. The van der Waals surface area contributed by atoms with E-state index in [1.54, 1.807) is 13.8 Å². The number of carboxylic acid groups (broad SMARTS) is 1. The number of hydrogen-bond donors (Lipinski definition) is 1. The van der Waals surface area contributed by atoms with Crippen LogP contribution in [0.2, 0.25) is 0 Å². The summed E-state index contributed by atoms with van der Waals surface area (Å²) in [4.78, 5) is 26.9. The van der Waals surface area contributed by atoms with Gasteiger partial charge in [-0.15, -0.1) is 11.3 Å². The fourth-order valence-corrected chi connectivity index (χ4v) is 2.15. The van der Waals surface area contributed by atoms with Crippen LogP contribution in [0, 0.1) is 5.92 Å². The van der Waals surface area contributed by atoms with Gasteiger partial charge in [-0.1, -0.05) is 13.8 Å². The van der Waals surface area contributed by atoms with E-state index in [2.05, 4.69) is 4.98 Å². The third kappa shape index (κ3) is 4.48. The highest BCUT2D eigenvalue weighted by Crippen LogP contribution is 2.31. The molecular formula is C11H13F3N2O3S. The summed E-state index contributed by atoms with van der Waals surface area (Å²) in [5.41, 5.74) is -0.385. The molecule has 1 aromatic heterocycles. The topological polar surface area (TPSA) is 70.5 Å². The van der Waals surface area contributed by atoms with Crippen LogP contribution in [0.3, 0.4) is 0 Å². The summed E-state index contributed by atoms with van der Waals surface area (Å²) in [5, 5.41) is 8.60. The molecule has 0 atom stereocenters. The van der Waals surface area contributed by atoms with Crippen molar-refractivity contribution in [1.82, 2.24) is 9.88 Å². The van der Waals surface area contributed by atoms with Crippen LogP contribution in [0.1, 0.15) is 29.3 Å². The van der Waals surface area contributed by atoms with Gasteiger partial charge in [-0.25, -0.2) is 4.98 Å². The van der Waals surface area contributed by atoms with Crippen LogP contribution < -0.4 is 0 Å². The molecule has 20 heavy (non-hydrogen) atoms. The number of alkyl halides is 3. The average Bonchev–Trinajstić information content (AvgIpc) is 2.74. The number of halogens is 3. The van der Waals surface area contributed by atoms with Crippen molar-refractivity contribution in [1.29, 1.82) is 0 Å². The predicted molar refractivity (Wildman–Crippen MR) is 65.5 cm³/mol.